The second kappa shape index (κ2) is 24.1. The van der Waals surface area contributed by atoms with E-state index < -0.39 is 114 Å². The van der Waals surface area contributed by atoms with E-state index in [4.69, 9.17) is 37.9 Å². The van der Waals surface area contributed by atoms with Gasteiger partial charge in [-0.2, -0.15) is 0 Å². The van der Waals surface area contributed by atoms with Crippen LogP contribution >= 0.6 is 0 Å². The molecule has 372 valence electrons. The van der Waals surface area contributed by atoms with Gasteiger partial charge in [-0.05, 0) is 87.9 Å². The molecule has 0 spiro atoms. The summed E-state index contributed by atoms with van der Waals surface area (Å²) in [5.74, 6) is -4.79. The Kier molecular flexibility index (Phi) is 21.1. The molecule has 0 aromatic rings. The molecule has 18 heteroatoms. The van der Waals surface area contributed by atoms with Gasteiger partial charge in [0.1, 0.15) is 35.5 Å². The van der Waals surface area contributed by atoms with Crippen LogP contribution in [0.3, 0.4) is 0 Å². The fourth-order valence-corrected chi connectivity index (χ4v) is 9.83. The summed E-state index contributed by atoms with van der Waals surface area (Å²) in [5.41, 5.74) is -4.52. The van der Waals surface area contributed by atoms with E-state index in [0.717, 1.165) is 12.8 Å². The first-order valence-electron chi connectivity index (χ1n) is 23.2. The van der Waals surface area contributed by atoms with Crippen LogP contribution in [0.2, 0.25) is 0 Å². The number of alkyl carbamates (subject to hydrolysis) is 1. The highest BCUT2D eigenvalue weighted by Crippen LogP contribution is 2.42. The van der Waals surface area contributed by atoms with Gasteiger partial charge in [0.15, 0.2) is 18.7 Å². The molecular weight excluding hydrogens is 835 g/mol. The van der Waals surface area contributed by atoms with Crippen molar-refractivity contribution in [2.45, 2.75) is 212 Å². The topological polar surface area (TPSA) is 230 Å². The number of nitrogens with one attached hydrogen (secondary N) is 2. The maximum atomic E-state index is 14.5. The maximum Gasteiger partial charge on any atom is 0.408 e. The summed E-state index contributed by atoms with van der Waals surface area (Å²) >= 11 is 0. The van der Waals surface area contributed by atoms with Crippen LogP contribution in [0, 0.1) is 23.7 Å². The number of Topliss-reactive ketones (excluding diaryl/α,β-unsaturated/α-hetero) is 1. The van der Waals surface area contributed by atoms with E-state index in [0.29, 0.717) is 19.3 Å². The Morgan fingerprint density at radius 2 is 1.56 bits per heavy atom. The van der Waals surface area contributed by atoms with Crippen molar-refractivity contribution in [1.29, 1.82) is 0 Å². The van der Waals surface area contributed by atoms with Crippen molar-refractivity contribution in [3.8, 4) is 0 Å². The number of nitrogens with zero attached hydrogens (tertiary/aromatic N) is 1. The summed E-state index contributed by atoms with van der Waals surface area (Å²) in [6, 6.07) is -0.326. The van der Waals surface area contributed by atoms with Crippen molar-refractivity contribution in [3.05, 3.63) is 0 Å². The number of likely N-dealkylation sites (N-methyl/N-ethyl adjacent to an activating group) is 1. The van der Waals surface area contributed by atoms with Crippen LogP contribution in [0.1, 0.15) is 121 Å². The zero-order valence-corrected chi connectivity index (χ0v) is 41.2. The molecule has 0 aliphatic carbocycles. The lowest BCUT2D eigenvalue weighted by Gasteiger charge is -2.50. The Bertz CT molecular complexity index is 1510. The van der Waals surface area contributed by atoms with Crippen molar-refractivity contribution < 1.29 is 72.4 Å². The summed E-state index contributed by atoms with van der Waals surface area (Å²) in [7, 11) is 6.70. The first kappa shape index (κ1) is 56.0. The van der Waals surface area contributed by atoms with Crippen LogP contribution in [0.4, 0.5) is 4.79 Å². The van der Waals surface area contributed by atoms with Crippen molar-refractivity contribution in [3.63, 3.8) is 0 Å². The van der Waals surface area contributed by atoms with Crippen LogP contribution in [0.5, 0.6) is 0 Å². The minimum absolute atomic E-state index is 0.0186. The molecule has 3 rings (SSSR count). The van der Waals surface area contributed by atoms with Crippen molar-refractivity contribution in [1.82, 2.24) is 15.5 Å². The lowest BCUT2D eigenvalue weighted by molar-refractivity contribution is -0.319. The molecule has 1 amide bonds. The third-order valence-corrected chi connectivity index (χ3v) is 14.0. The van der Waals surface area contributed by atoms with Crippen LogP contribution in [0.25, 0.3) is 0 Å². The van der Waals surface area contributed by atoms with E-state index in [1.807, 2.05) is 39.8 Å². The average Bonchev–Trinajstić information content (AvgIpc) is 3.24. The molecule has 19 atom stereocenters. The molecular formula is C46H83N3O15. The number of cyclic esters (lactones) is 1. The van der Waals surface area contributed by atoms with Crippen LogP contribution in [-0.4, -0.2) is 170 Å². The highest BCUT2D eigenvalue weighted by atomic mass is 16.7. The van der Waals surface area contributed by atoms with Gasteiger partial charge < -0.3 is 68.2 Å². The summed E-state index contributed by atoms with van der Waals surface area (Å²) in [4.78, 5) is 55.2. The number of esters is 1. The summed E-state index contributed by atoms with van der Waals surface area (Å²) in [5, 5.41) is 40.9. The zero-order valence-electron chi connectivity index (χ0n) is 41.2. The summed E-state index contributed by atoms with van der Waals surface area (Å²) in [6.45, 7) is 19.5. The number of carbonyl (C=O) groups is 4. The van der Waals surface area contributed by atoms with Crippen molar-refractivity contribution >= 4 is 24.1 Å². The number of rotatable bonds is 16. The van der Waals surface area contributed by atoms with Gasteiger partial charge in [-0.15, -0.1) is 0 Å². The molecule has 3 saturated heterocycles. The molecule has 0 aromatic heterocycles. The van der Waals surface area contributed by atoms with Gasteiger partial charge in [0, 0.05) is 50.9 Å². The number of ether oxygens (including phenoxy) is 8. The van der Waals surface area contributed by atoms with Gasteiger partial charge in [0.25, 0.3) is 0 Å². The summed E-state index contributed by atoms with van der Waals surface area (Å²) < 4.78 is 50.8. The SMILES string of the molecule is CCCCNC(CC=O)NC(=O)O[C@H]1[C@H](C)O[C@@H](O[C@H]2[C@H](C)[C@@H](O[C@@H]3O[C@H](C)C[C@H](N(C)C)[C@H]3O)[C@@](C)(OC)C[C@@H](C)C(=O)[C@H](C)[C@@H](O)[C@](C)(O)[C@@H](CC)OC(=O)[C@@H]2C)C[C@@]1(C)OC. The van der Waals surface area contributed by atoms with Gasteiger partial charge >= 0.3 is 12.1 Å². The van der Waals surface area contributed by atoms with Gasteiger partial charge in [-0.25, -0.2) is 4.79 Å². The highest BCUT2D eigenvalue weighted by molar-refractivity contribution is 5.83. The third-order valence-electron chi connectivity index (χ3n) is 14.0. The van der Waals surface area contributed by atoms with Gasteiger partial charge in [0.2, 0.25) is 0 Å². The second-order valence-electron chi connectivity index (χ2n) is 19.4. The van der Waals surface area contributed by atoms with Crippen molar-refractivity contribution in [2.75, 3.05) is 34.9 Å². The van der Waals surface area contributed by atoms with E-state index in [1.54, 1.807) is 41.5 Å². The predicted octanol–water partition coefficient (Wildman–Crippen LogP) is 3.48. The van der Waals surface area contributed by atoms with Gasteiger partial charge in [0.05, 0.1) is 48.2 Å². The van der Waals surface area contributed by atoms with Crippen LogP contribution in [0.15, 0.2) is 0 Å². The Labute approximate surface area is 381 Å². The lowest BCUT2D eigenvalue weighted by atomic mass is 9.74. The fourth-order valence-electron chi connectivity index (χ4n) is 9.83. The zero-order chi connectivity index (χ0) is 48.5. The molecule has 5 N–H and O–H groups in total. The molecule has 1 unspecified atom stereocenters. The largest absolute Gasteiger partial charge is 0.459 e. The first-order valence-corrected chi connectivity index (χ1v) is 23.2. The minimum atomic E-state index is -2.02. The normalized spacial score (nSPS) is 42.3. The predicted molar refractivity (Wildman–Crippen MR) is 236 cm³/mol. The van der Waals surface area contributed by atoms with Crippen LogP contribution < -0.4 is 10.6 Å². The Hall–Kier alpha value is -2.36. The molecule has 64 heavy (non-hydrogen) atoms. The number of aldehydes is 1. The van der Waals surface area contributed by atoms with E-state index >= 15 is 0 Å². The molecule has 0 bridgehead atoms. The van der Waals surface area contributed by atoms with E-state index in [-0.39, 0.29) is 43.6 Å². The molecule has 18 nitrogen and oxygen atoms in total. The number of hydrogen-bond donors (Lipinski definition) is 5. The van der Waals surface area contributed by atoms with E-state index in [9.17, 15) is 34.5 Å². The second-order valence-corrected chi connectivity index (χ2v) is 19.4. The monoisotopic (exact) mass is 918 g/mol. The standard InChI is InChI=1S/C46H83N3O15/c1-16-18-20-47-33(19-21-50)48-43(55)64-40-30(8)60-34(24-45(40,10)58-15)62-37-28(6)39(63-42-36(52)31(49(12)13)22-26(4)59-42)44(9,57-14)23-25(3)35(51)27(5)38(53)46(11,56)32(17-2)61-41(54)29(37)7/h21,25-34,36-40,42,47,52-53,56H,16-20,22-24H2,1-15H3,(H,48,55)/t25-,26-,27+,28+,29-,30+,31+,32-,33?,34+,36-,37+,38-,39-,40+,42+,44+,45-,46-/m1/s1. The molecule has 3 heterocycles. The third kappa shape index (κ3) is 13.4. The number of hydrogen-bond acceptors (Lipinski definition) is 17. The number of aliphatic hydroxyl groups is 3. The van der Waals surface area contributed by atoms with E-state index in [1.165, 1.54) is 28.1 Å². The minimum Gasteiger partial charge on any atom is -0.459 e. The molecule has 3 aliphatic rings. The van der Waals surface area contributed by atoms with Crippen molar-refractivity contribution in [2.24, 2.45) is 23.7 Å². The first-order chi connectivity index (χ1) is 29.8. The Morgan fingerprint density at radius 3 is 2.12 bits per heavy atom. The number of aliphatic hydroxyl groups excluding tert-OH is 2. The number of amides is 1. The van der Waals surface area contributed by atoms with E-state index in [2.05, 4.69) is 10.6 Å². The Morgan fingerprint density at radius 1 is 0.938 bits per heavy atom. The number of unbranched alkanes of at least 4 members (excludes halogenated alkanes) is 1. The number of ketones is 1. The maximum absolute atomic E-state index is 14.5. The molecule has 0 aromatic carbocycles. The smallest absolute Gasteiger partial charge is 0.408 e. The molecule has 3 fully saturated rings. The van der Waals surface area contributed by atoms with Gasteiger partial charge in [-0.1, -0.05) is 41.0 Å². The average molecular weight is 918 g/mol. The lowest BCUT2D eigenvalue weighted by Crippen LogP contribution is -2.62. The van der Waals surface area contributed by atoms with Crippen LogP contribution in [-0.2, 0) is 52.3 Å². The molecule has 0 saturated carbocycles. The number of methoxy groups -OCH3 is 2. The molecule has 3 aliphatic heterocycles. The fraction of sp³-hybridized carbons (Fsp3) is 0.913. The quantitative estimate of drug-likeness (QED) is 0.0646. The summed E-state index contributed by atoms with van der Waals surface area (Å²) in [6.07, 6.45) is -8.51. The number of carbonyl (C=O) groups excluding carboxylic acids is 4. The van der Waals surface area contributed by atoms with Gasteiger partial charge in [-0.3, -0.25) is 14.9 Å². The highest BCUT2D eigenvalue weighted by Gasteiger charge is 2.55. The Balaban J connectivity index is 2.13. The molecule has 0 radical (unpaired) electrons.